The number of nitrogens with zero attached hydrogens (tertiary/aromatic N) is 1. The Morgan fingerprint density at radius 3 is 2.28 bits per heavy atom. The third kappa shape index (κ3) is 2.99. The molecule has 1 heteroatoms. The normalized spacial score (nSPS) is 10.0. The molecule has 0 bridgehead atoms. The molecular formula is C17H17N. The molecule has 90 valence electrons. The van der Waals surface area contributed by atoms with E-state index < -0.39 is 0 Å². The van der Waals surface area contributed by atoms with E-state index in [1.54, 1.807) is 0 Å². The molecule has 0 aliphatic heterocycles. The largest absolute Gasteiger partial charge is 0.244 e. The molecule has 1 aromatic carbocycles. The van der Waals surface area contributed by atoms with Gasteiger partial charge in [-0.05, 0) is 42.5 Å². The van der Waals surface area contributed by atoms with Crippen LogP contribution >= 0.6 is 0 Å². The summed E-state index contributed by atoms with van der Waals surface area (Å²) >= 11 is 0. The Hall–Kier alpha value is -2.07. The topological polar surface area (TPSA) is 12.9 Å². The van der Waals surface area contributed by atoms with E-state index in [-0.39, 0.29) is 0 Å². The van der Waals surface area contributed by atoms with Gasteiger partial charge in [-0.3, -0.25) is 0 Å². The molecule has 0 aliphatic carbocycles. The predicted octanol–water partition coefficient (Wildman–Crippen LogP) is 3.91. The molecule has 1 nitrogen and oxygen atoms in total. The molecule has 0 atom stereocenters. The SMILES string of the molecule is Cc1nc(C#Cc2ccccc2)ccc1C(C)C. The molecular weight excluding hydrogens is 218 g/mol. The second-order valence-electron chi connectivity index (χ2n) is 4.64. The van der Waals surface area contributed by atoms with Crippen molar-refractivity contribution in [2.45, 2.75) is 26.7 Å². The lowest BCUT2D eigenvalue weighted by molar-refractivity contribution is 0.841. The van der Waals surface area contributed by atoms with Gasteiger partial charge in [-0.25, -0.2) is 4.98 Å². The van der Waals surface area contributed by atoms with Crippen LogP contribution in [0.3, 0.4) is 0 Å². The maximum absolute atomic E-state index is 4.54. The maximum atomic E-state index is 4.54. The van der Waals surface area contributed by atoms with Crippen LogP contribution in [0.5, 0.6) is 0 Å². The first kappa shape index (κ1) is 12.4. The van der Waals surface area contributed by atoms with E-state index in [1.165, 1.54) is 5.56 Å². The zero-order valence-corrected chi connectivity index (χ0v) is 11.1. The summed E-state index contributed by atoms with van der Waals surface area (Å²) in [4.78, 5) is 4.54. The summed E-state index contributed by atoms with van der Waals surface area (Å²) in [5.74, 6) is 6.74. The fraction of sp³-hybridized carbons (Fsp3) is 0.235. The van der Waals surface area contributed by atoms with Crippen molar-refractivity contribution in [2.75, 3.05) is 0 Å². The van der Waals surface area contributed by atoms with Crippen LogP contribution in [0.4, 0.5) is 0 Å². The van der Waals surface area contributed by atoms with Crippen LogP contribution in [0.15, 0.2) is 42.5 Å². The Morgan fingerprint density at radius 2 is 1.67 bits per heavy atom. The minimum absolute atomic E-state index is 0.508. The van der Waals surface area contributed by atoms with E-state index in [4.69, 9.17) is 0 Å². The number of pyridine rings is 1. The average molecular weight is 235 g/mol. The summed E-state index contributed by atoms with van der Waals surface area (Å²) < 4.78 is 0. The number of aryl methyl sites for hydroxylation is 1. The van der Waals surface area contributed by atoms with Gasteiger partial charge in [-0.1, -0.05) is 44.0 Å². The molecule has 1 heterocycles. The van der Waals surface area contributed by atoms with Gasteiger partial charge in [0, 0.05) is 11.3 Å². The number of hydrogen-bond donors (Lipinski definition) is 0. The molecule has 0 aliphatic rings. The van der Waals surface area contributed by atoms with E-state index >= 15 is 0 Å². The van der Waals surface area contributed by atoms with Crippen molar-refractivity contribution >= 4 is 0 Å². The van der Waals surface area contributed by atoms with Crippen molar-refractivity contribution in [1.29, 1.82) is 0 Å². The van der Waals surface area contributed by atoms with Gasteiger partial charge in [0.2, 0.25) is 0 Å². The second-order valence-corrected chi connectivity index (χ2v) is 4.64. The zero-order chi connectivity index (χ0) is 13.0. The van der Waals surface area contributed by atoms with Gasteiger partial charge >= 0.3 is 0 Å². The van der Waals surface area contributed by atoms with Gasteiger partial charge in [0.05, 0.1) is 0 Å². The minimum Gasteiger partial charge on any atom is -0.244 e. The molecule has 1 aromatic heterocycles. The highest BCUT2D eigenvalue weighted by Gasteiger charge is 2.04. The third-order valence-electron chi connectivity index (χ3n) is 2.86. The van der Waals surface area contributed by atoms with Gasteiger partial charge in [0.15, 0.2) is 0 Å². The first-order valence-electron chi connectivity index (χ1n) is 6.21. The van der Waals surface area contributed by atoms with E-state index in [1.807, 2.05) is 43.3 Å². The smallest absolute Gasteiger partial charge is 0.113 e. The molecule has 0 unspecified atom stereocenters. The van der Waals surface area contributed by atoms with E-state index in [9.17, 15) is 0 Å². The Labute approximate surface area is 109 Å². The van der Waals surface area contributed by atoms with Crippen LogP contribution in [0.2, 0.25) is 0 Å². The number of benzene rings is 1. The lowest BCUT2D eigenvalue weighted by Crippen LogP contribution is -1.96. The van der Waals surface area contributed by atoms with E-state index in [2.05, 4.69) is 36.7 Å². The van der Waals surface area contributed by atoms with Crippen molar-refractivity contribution < 1.29 is 0 Å². The summed E-state index contributed by atoms with van der Waals surface area (Å²) in [5.41, 5.74) is 4.22. The van der Waals surface area contributed by atoms with Crippen molar-refractivity contribution in [3.8, 4) is 11.8 Å². The molecule has 2 rings (SSSR count). The second kappa shape index (κ2) is 5.51. The standard InChI is InChI=1S/C17H17N/c1-13(2)17-12-11-16(18-14(17)3)10-9-15-7-5-4-6-8-15/h4-8,11-13H,1-3H3. The lowest BCUT2D eigenvalue weighted by Gasteiger charge is -2.08. The van der Waals surface area contributed by atoms with Crippen molar-refractivity contribution in [1.82, 2.24) is 4.98 Å². The van der Waals surface area contributed by atoms with Crippen molar-refractivity contribution in [2.24, 2.45) is 0 Å². The molecule has 0 saturated carbocycles. The molecule has 0 saturated heterocycles. The Morgan fingerprint density at radius 1 is 0.944 bits per heavy atom. The Kier molecular flexibility index (Phi) is 3.79. The highest BCUT2D eigenvalue weighted by molar-refractivity contribution is 5.41. The summed E-state index contributed by atoms with van der Waals surface area (Å²) in [6.07, 6.45) is 0. The van der Waals surface area contributed by atoms with Crippen LogP contribution < -0.4 is 0 Å². The first-order valence-corrected chi connectivity index (χ1v) is 6.21. The van der Waals surface area contributed by atoms with Gasteiger partial charge in [-0.2, -0.15) is 0 Å². The van der Waals surface area contributed by atoms with Crippen LogP contribution in [0.25, 0.3) is 0 Å². The van der Waals surface area contributed by atoms with Crippen molar-refractivity contribution in [3.05, 3.63) is 65.0 Å². The quantitative estimate of drug-likeness (QED) is 0.683. The van der Waals surface area contributed by atoms with Gasteiger partial charge < -0.3 is 0 Å². The average Bonchev–Trinajstić information content (AvgIpc) is 2.37. The van der Waals surface area contributed by atoms with Crippen LogP contribution in [0, 0.1) is 18.8 Å². The Balaban J connectivity index is 2.27. The molecule has 2 aromatic rings. The fourth-order valence-electron chi connectivity index (χ4n) is 1.91. The highest BCUT2D eigenvalue weighted by atomic mass is 14.7. The summed E-state index contributed by atoms with van der Waals surface area (Å²) in [7, 11) is 0. The predicted molar refractivity (Wildman–Crippen MR) is 75.5 cm³/mol. The van der Waals surface area contributed by atoms with Gasteiger partial charge in [0.1, 0.15) is 5.69 Å². The number of aromatic nitrogens is 1. The molecule has 0 spiro atoms. The highest BCUT2D eigenvalue weighted by Crippen LogP contribution is 2.17. The summed E-state index contributed by atoms with van der Waals surface area (Å²) in [5, 5.41) is 0. The van der Waals surface area contributed by atoms with Crippen LogP contribution in [-0.2, 0) is 0 Å². The number of hydrogen-bond acceptors (Lipinski definition) is 1. The van der Waals surface area contributed by atoms with Crippen LogP contribution in [0.1, 0.15) is 42.3 Å². The molecule has 0 amide bonds. The molecule has 0 fully saturated rings. The lowest BCUT2D eigenvalue weighted by atomic mass is 10.0. The van der Waals surface area contributed by atoms with Crippen LogP contribution in [-0.4, -0.2) is 4.98 Å². The van der Waals surface area contributed by atoms with Gasteiger partial charge in [0.25, 0.3) is 0 Å². The summed E-state index contributed by atoms with van der Waals surface area (Å²) in [6, 6.07) is 14.1. The number of rotatable bonds is 1. The van der Waals surface area contributed by atoms with Crippen molar-refractivity contribution in [3.63, 3.8) is 0 Å². The molecule has 0 radical (unpaired) electrons. The third-order valence-corrected chi connectivity index (χ3v) is 2.86. The molecule has 18 heavy (non-hydrogen) atoms. The van der Waals surface area contributed by atoms with E-state index in [0.29, 0.717) is 5.92 Å². The van der Waals surface area contributed by atoms with E-state index in [0.717, 1.165) is 17.0 Å². The monoisotopic (exact) mass is 235 g/mol. The first-order chi connectivity index (χ1) is 8.66. The minimum atomic E-state index is 0.508. The fourth-order valence-corrected chi connectivity index (χ4v) is 1.91. The maximum Gasteiger partial charge on any atom is 0.113 e. The van der Waals surface area contributed by atoms with Gasteiger partial charge in [-0.15, -0.1) is 0 Å². The zero-order valence-electron chi connectivity index (χ0n) is 11.1. The molecule has 0 N–H and O–H groups in total. The summed E-state index contributed by atoms with van der Waals surface area (Å²) in [6.45, 7) is 6.40. The Bertz CT molecular complexity index is 586.